The summed E-state index contributed by atoms with van der Waals surface area (Å²) in [6.07, 6.45) is 2.17. The van der Waals surface area contributed by atoms with Gasteiger partial charge in [0.1, 0.15) is 5.58 Å². The number of para-hydroxylation sites is 1. The predicted molar refractivity (Wildman–Crippen MR) is 111 cm³/mol. The Labute approximate surface area is 173 Å². The highest BCUT2D eigenvalue weighted by Crippen LogP contribution is 2.33. The zero-order valence-corrected chi connectivity index (χ0v) is 17.0. The van der Waals surface area contributed by atoms with Gasteiger partial charge in [-0.3, -0.25) is 4.79 Å². The molecule has 0 radical (unpaired) electrons. The van der Waals surface area contributed by atoms with Crippen LogP contribution in [0.1, 0.15) is 5.56 Å². The van der Waals surface area contributed by atoms with Gasteiger partial charge in [0.05, 0.1) is 5.69 Å². The molecular formula is C21H17ClN2O4S. The van der Waals surface area contributed by atoms with Crippen LogP contribution in [0.2, 0.25) is 5.02 Å². The number of benzene rings is 2. The molecule has 0 unspecified atom stereocenters. The molecule has 0 aliphatic heterocycles. The number of aromatic nitrogens is 1. The van der Waals surface area contributed by atoms with Gasteiger partial charge in [-0.2, -0.15) is 8.42 Å². The summed E-state index contributed by atoms with van der Waals surface area (Å²) < 4.78 is 33.6. The van der Waals surface area contributed by atoms with E-state index in [4.69, 9.17) is 16.0 Å². The number of fused-ring (bicyclic) bond motifs is 1. The summed E-state index contributed by atoms with van der Waals surface area (Å²) in [5.74, 6) is 0. The lowest BCUT2D eigenvalue weighted by atomic mass is 10.1. The summed E-state index contributed by atoms with van der Waals surface area (Å²) in [6, 6.07) is 17.3. The molecule has 29 heavy (non-hydrogen) atoms. The van der Waals surface area contributed by atoms with E-state index >= 15 is 0 Å². The van der Waals surface area contributed by atoms with Crippen LogP contribution >= 0.6 is 11.6 Å². The molecule has 0 spiro atoms. The zero-order valence-electron chi connectivity index (χ0n) is 15.4. The first-order valence-electron chi connectivity index (χ1n) is 8.76. The molecule has 2 heterocycles. The normalized spacial score (nSPS) is 11.7. The summed E-state index contributed by atoms with van der Waals surface area (Å²) >= 11 is 6.34. The largest absolute Gasteiger partial charge is 0.443 e. The first-order valence-corrected chi connectivity index (χ1v) is 10.6. The Hall–Kier alpha value is -3.03. The molecule has 0 saturated carbocycles. The van der Waals surface area contributed by atoms with Crippen molar-refractivity contribution in [2.24, 2.45) is 0 Å². The summed E-state index contributed by atoms with van der Waals surface area (Å²) in [6.45, 7) is 0.254. The maximum Gasteiger partial charge on any atom is 0.301 e. The molecule has 0 aliphatic carbocycles. The number of amides is 1. The van der Waals surface area contributed by atoms with Crippen molar-refractivity contribution in [2.75, 3.05) is 7.05 Å². The minimum atomic E-state index is -4.03. The van der Waals surface area contributed by atoms with Crippen LogP contribution in [-0.2, 0) is 21.4 Å². The van der Waals surface area contributed by atoms with Gasteiger partial charge in [-0.05, 0) is 23.8 Å². The minimum Gasteiger partial charge on any atom is -0.443 e. The fourth-order valence-corrected chi connectivity index (χ4v) is 4.74. The van der Waals surface area contributed by atoms with Gasteiger partial charge in [0.25, 0.3) is 0 Å². The Morgan fingerprint density at radius 3 is 2.55 bits per heavy atom. The molecule has 0 bridgehead atoms. The van der Waals surface area contributed by atoms with Gasteiger partial charge in [-0.1, -0.05) is 48.0 Å². The SMILES string of the molecule is CN(C=O)Cc1cc(-c2ccccc2Cl)n(S(=O)(=O)c2cc3ccccc3o2)c1. The van der Waals surface area contributed by atoms with Crippen LogP contribution in [0.4, 0.5) is 0 Å². The molecule has 2 aromatic carbocycles. The molecule has 4 rings (SSSR count). The molecule has 1 amide bonds. The Bertz CT molecular complexity index is 1270. The molecule has 0 fully saturated rings. The highest BCUT2D eigenvalue weighted by Gasteiger charge is 2.26. The first-order chi connectivity index (χ1) is 13.9. The van der Waals surface area contributed by atoms with E-state index < -0.39 is 10.0 Å². The van der Waals surface area contributed by atoms with Gasteiger partial charge in [-0.25, -0.2) is 3.97 Å². The van der Waals surface area contributed by atoms with Gasteiger partial charge >= 0.3 is 10.0 Å². The summed E-state index contributed by atoms with van der Waals surface area (Å²) in [5, 5.41) is 0.943. The van der Waals surface area contributed by atoms with E-state index in [0.29, 0.717) is 39.2 Å². The van der Waals surface area contributed by atoms with Crippen LogP contribution in [0.15, 0.2) is 76.4 Å². The molecule has 8 heteroatoms. The molecular weight excluding hydrogens is 412 g/mol. The number of carbonyl (C=O) groups excluding carboxylic acids is 1. The number of hydrogen-bond acceptors (Lipinski definition) is 4. The van der Waals surface area contributed by atoms with Crippen LogP contribution in [-0.4, -0.2) is 30.7 Å². The standard InChI is InChI=1S/C21H17ClN2O4S/c1-23(14-25)12-15-10-19(17-7-3-4-8-18(17)22)24(13-15)29(26,27)21-11-16-6-2-5-9-20(16)28-21/h2-11,13-14H,12H2,1H3. The van der Waals surface area contributed by atoms with Crippen molar-refractivity contribution in [1.82, 2.24) is 8.87 Å². The van der Waals surface area contributed by atoms with Crippen molar-refractivity contribution >= 4 is 39.0 Å². The van der Waals surface area contributed by atoms with E-state index in [1.54, 1.807) is 55.6 Å². The molecule has 0 saturated heterocycles. The van der Waals surface area contributed by atoms with E-state index in [1.807, 2.05) is 6.07 Å². The molecule has 4 aromatic rings. The quantitative estimate of drug-likeness (QED) is 0.427. The van der Waals surface area contributed by atoms with Crippen molar-refractivity contribution in [3.05, 3.63) is 77.4 Å². The van der Waals surface area contributed by atoms with Crippen LogP contribution in [0.3, 0.4) is 0 Å². The Kier molecular flexibility index (Phi) is 4.94. The van der Waals surface area contributed by atoms with Crippen molar-refractivity contribution < 1.29 is 17.6 Å². The third-order valence-electron chi connectivity index (χ3n) is 4.52. The maximum absolute atomic E-state index is 13.4. The molecule has 0 aliphatic rings. The van der Waals surface area contributed by atoms with Gasteiger partial charge < -0.3 is 9.32 Å². The lowest BCUT2D eigenvalue weighted by molar-refractivity contribution is -0.117. The number of carbonyl (C=O) groups is 1. The first kappa shape index (κ1) is 19.3. The molecule has 6 nitrogen and oxygen atoms in total. The van der Waals surface area contributed by atoms with Crippen molar-refractivity contribution in [3.63, 3.8) is 0 Å². The highest BCUT2D eigenvalue weighted by molar-refractivity contribution is 7.89. The monoisotopic (exact) mass is 428 g/mol. The van der Waals surface area contributed by atoms with Gasteiger partial charge in [0.15, 0.2) is 0 Å². The number of hydrogen-bond donors (Lipinski definition) is 0. The Morgan fingerprint density at radius 1 is 1.10 bits per heavy atom. The average Bonchev–Trinajstić information content (AvgIpc) is 3.33. The van der Waals surface area contributed by atoms with Crippen molar-refractivity contribution in [2.45, 2.75) is 11.6 Å². The third kappa shape index (κ3) is 3.54. The van der Waals surface area contributed by atoms with E-state index in [9.17, 15) is 13.2 Å². The molecule has 148 valence electrons. The van der Waals surface area contributed by atoms with E-state index in [-0.39, 0.29) is 11.6 Å². The van der Waals surface area contributed by atoms with Crippen LogP contribution in [0, 0.1) is 0 Å². The number of nitrogens with zero attached hydrogens (tertiary/aromatic N) is 2. The average molecular weight is 429 g/mol. The van der Waals surface area contributed by atoms with E-state index in [2.05, 4.69) is 0 Å². The van der Waals surface area contributed by atoms with Crippen LogP contribution in [0.5, 0.6) is 0 Å². The summed E-state index contributed by atoms with van der Waals surface area (Å²) in [4.78, 5) is 12.4. The second kappa shape index (κ2) is 7.42. The van der Waals surface area contributed by atoms with Gasteiger partial charge in [0.2, 0.25) is 11.5 Å². The Balaban J connectivity index is 1.90. The molecule has 0 N–H and O–H groups in total. The van der Waals surface area contributed by atoms with E-state index in [1.165, 1.54) is 17.2 Å². The molecule has 0 atom stereocenters. The fraction of sp³-hybridized carbons (Fsp3) is 0.0952. The lowest BCUT2D eigenvalue weighted by Gasteiger charge is -2.09. The lowest BCUT2D eigenvalue weighted by Crippen LogP contribution is -2.15. The minimum absolute atomic E-state index is 0.169. The smallest absolute Gasteiger partial charge is 0.301 e. The summed E-state index contributed by atoms with van der Waals surface area (Å²) in [5.41, 5.74) is 2.09. The van der Waals surface area contributed by atoms with Crippen molar-refractivity contribution in [1.29, 1.82) is 0 Å². The van der Waals surface area contributed by atoms with Crippen LogP contribution < -0.4 is 0 Å². The molecule has 2 aromatic heterocycles. The van der Waals surface area contributed by atoms with Gasteiger partial charge in [0, 0.05) is 41.8 Å². The fourth-order valence-electron chi connectivity index (χ4n) is 3.15. The number of halogens is 1. The maximum atomic E-state index is 13.4. The second-order valence-electron chi connectivity index (χ2n) is 6.64. The van der Waals surface area contributed by atoms with E-state index in [0.717, 1.165) is 3.97 Å². The topological polar surface area (TPSA) is 72.5 Å². The third-order valence-corrected chi connectivity index (χ3v) is 6.38. The number of rotatable bonds is 6. The van der Waals surface area contributed by atoms with Gasteiger partial charge in [-0.15, -0.1) is 0 Å². The summed E-state index contributed by atoms with van der Waals surface area (Å²) in [7, 11) is -2.42. The number of furan rings is 1. The van der Waals surface area contributed by atoms with Crippen molar-refractivity contribution in [3.8, 4) is 11.3 Å². The predicted octanol–water partition coefficient (Wildman–Crippen LogP) is 4.38. The second-order valence-corrected chi connectivity index (χ2v) is 8.79. The highest BCUT2D eigenvalue weighted by atomic mass is 35.5. The Morgan fingerprint density at radius 2 is 1.83 bits per heavy atom. The van der Waals surface area contributed by atoms with Crippen LogP contribution in [0.25, 0.3) is 22.2 Å². The zero-order chi connectivity index (χ0) is 20.6.